The van der Waals surface area contributed by atoms with Crippen molar-refractivity contribution in [2.75, 3.05) is 0 Å². The molecule has 0 spiro atoms. The molecule has 3 aromatic rings. The maximum atomic E-state index is 2.98. The van der Waals surface area contributed by atoms with Crippen LogP contribution in [-0.4, -0.2) is 64.9 Å². The van der Waals surface area contributed by atoms with Gasteiger partial charge in [0, 0.05) is 56.5 Å². The van der Waals surface area contributed by atoms with Gasteiger partial charge in [0.15, 0.2) is 0 Å². The number of benzene rings is 2. The molecule has 0 aliphatic carbocycles. The fourth-order valence-electron chi connectivity index (χ4n) is 12.3. The molecule has 0 saturated carbocycles. The monoisotopic (exact) mass is 766 g/mol. The summed E-state index contributed by atoms with van der Waals surface area (Å²) >= 11 is 0. The molecule has 262 valence electrons. The molecule has 0 aliphatic rings. The average Bonchev–Trinajstić information content (AvgIpc) is 2.77. The predicted octanol–water partition coefficient (Wildman–Crippen LogP) is 13.4. The Morgan fingerprint density at radius 1 is 0.468 bits per heavy atom. The van der Waals surface area contributed by atoms with Crippen molar-refractivity contribution in [3.8, 4) is 5.19 Å². The number of rotatable bonds is 11. The van der Waals surface area contributed by atoms with Crippen molar-refractivity contribution in [3.63, 3.8) is 0 Å². The molecular weight excluding hydrogens is 693 g/mol. The van der Waals surface area contributed by atoms with Gasteiger partial charge in [-0.05, 0) is 46.9 Å². The summed E-state index contributed by atoms with van der Waals surface area (Å²) in [4.78, 5) is 1.62. The summed E-state index contributed by atoms with van der Waals surface area (Å²) in [6.07, 6.45) is 0. The Bertz CT molecular complexity index is 1450. The van der Waals surface area contributed by atoms with Crippen molar-refractivity contribution < 1.29 is 0 Å². The van der Waals surface area contributed by atoms with Gasteiger partial charge in [-0.25, -0.2) is 0 Å². The van der Waals surface area contributed by atoms with E-state index in [1.165, 1.54) is 5.39 Å². The van der Waals surface area contributed by atoms with Crippen LogP contribution in [0.1, 0.15) is 27.0 Å². The Labute approximate surface area is 301 Å². The van der Waals surface area contributed by atoms with E-state index in [0.717, 1.165) is 10.3 Å². The maximum absolute atomic E-state index is 2.98. The van der Waals surface area contributed by atoms with Crippen molar-refractivity contribution in [3.05, 3.63) is 70.9 Å². The normalized spacial score (nSPS) is 14.9. The summed E-state index contributed by atoms with van der Waals surface area (Å²) in [5, 5.41) is 4.75. The summed E-state index contributed by atoms with van der Waals surface area (Å²) in [5.41, 5.74) is 8.18. The molecule has 0 N–H and O–H groups in total. The first-order valence-electron chi connectivity index (χ1n) is 18.5. The van der Waals surface area contributed by atoms with E-state index in [2.05, 4.69) is 192 Å². The van der Waals surface area contributed by atoms with Crippen LogP contribution in [0.2, 0.25) is 137 Å². The Morgan fingerprint density at radius 3 is 1.15 bits per heavy atom. The van der Waals surface area contributed by atoms with Crippen LogP contribution in [0.25, 0.3) is 15.6 Å². The summed E-state index contributed by atoms with van der Waals surface area (Å²) in [6.45, 7) is 57.3. The second-order valence-corrected chi connectivity index (χ2v) is 64.2. The SMILES string of the molecule is C[Si](C)(C)C(c1cc(C([Si](C)(C)C)([Si](C)(C)C)[Si](C)(C)C)cc(C([Si](C)(C)C)[Si](C)(C)C)c1-[si]1cccc2ccccc21)[Si](C)(C)C. The van der Waals surface area contributed by atoms with Gasteiger partial charge < -0.3 is 0 Å². The van der Waals surface area contributed by atoms with Gasteiger partial charge in [0.25, 0.3) is 0 Å². The highest BCUT2D eigenvalue weighted by Crippen LogP contribution is 2.53. The Morgan fingerprint density at radius 2 is 0.809 bits per heavy atom. The van der Waals surface area contributed by atoms with Crippen molar-refractivity contribution in [1.29, 1.82) is 0 Å². The zero-order valence-electron chi connectivity index (χ0n) is 34.9. The molecule has 8 heteroatoms. The van der Waals surface area contributed by atoms with Gasteiger partial charge in [0.2, 0.25) is 0 Å². The Kier molecular flexibility index (Phi) is 11.5. The van der Waals surface area contributed by atoms with Crippen molar-refractivity contribution in [2.45, 2.75) is 152 Å². The molecule has 3 rings (SSSR count). The molecule has 0 aliphatic heterocycles. The van der Waals surface area contributed by atoms with Crippen molar-refractivity contribution in [1.82, 2.24) is 0 Å². The third-order valence-electron chi connectivity index (χ3n) is 11.2. The second-order valence-electron chi connectivity index (χ2n) is 22.4. The highest BCUT2D eigenvalue weighted by Gasteiger charge is 2.61. The largest absolute Gasteiger partial charge is 0.0815 e. The number of hydrogen-bond donors (Lipinski definition) is 0. The fraction of sp³-hybridized carbons (Fsp3) is 0.615. The molecule has 0 bridgehead atoms. The van der Waals surface area contributed by atoms with Gasteiger partial charge >= 0.3 is 0 Å². The van der Waals surface area contributed by atoms with E-state index in [1.54, 1.807) is 5.00 Å². The minimum atomic E-state index is -1.70. The lowest BCUT2D eigenvalue weighted by molar-refractivity contribution is 0.994. The average molecular weight is 768 g/mol. The van der Waals surface area contributed by atoms with E-state index in [9.17, 15) is 0 Å². The van der Waals surface area contributed by atoms with Crippen LogP contribution < -0.4 is 0 Å². The molecule has 0 amide bonds. The molecule has 2 aromatic carbocycles. The molecule has 1 aromatic heterocycles. The smallest absolute Gasteiger partial charge is 0.0731 e. The quantitative estimate of drug-likeness (QED) is 0.171. The standard InChI is InChI=1S/C39H74Si8/c1-41(2,3)37(42(4,5)6)33-29-32(39(45(13,14)15,46(16,17)18)47(19,20)21)30-34(38(43(7,8)9)44(10,11)12)36(33)40-28-24-26-31-25-22-23-27-35(31)40/h22-30,37-38H,1-21H3. The van der Waals surface area contributed by atoms with Gasteiger partial charge in [-0.2, -0.15) is 0 Å². The summed E-state index contributed by atoms with van der Waals surface area (Å²) < 4.78 is 0.368. The van der Waals surface area contributed by atoms with Gasteiger partial charge in [0.05, 0.1) is 8.40 Å². The van der Waals surface area contributed by atoms with Crippen LogP contribution in [0.3, 0.4) is 0 Å². The molecule has 0 saturated heterocycles. The second kappa shape index (κ2) is 13.1. The van der Waals surface area contributed by atoms with Gasteiger partial charge in [0.1, 0.15) is 0 Å². The molecule has 0 unspecified atom stereocenters. The van der Waals surface area contributed by atoms with E-state index in [4.69, 9.17) is 0 Å². The van der Waals surface area contributed by atoms with E-state index >= 15 is 0 Å². The van der Waals surface area contributed by atoms with E-state index in [0.29, 0.717) is 4.28 Å². The van der Waals surface area contributed by atoms with Crippen LogP contribution in [0, 0.1) is 0 Å². The molecule has 0 fully saturated rings. The van der Waals surface area contributed by atoms with Crippen LogP contribution in [0.4, 0.5) is 0 Å². The van der Waals surface area contributed by atoms with Crippen molar-refractivity contribution in [2.24, 2.45) is 0 Å². The third kappa shape index (κ3) is 7.84. The summed E-state index contributed by atoms with van der Waals surface area (Å²) in [5.74, 6) is 0. The first-order chi connectivity index (χ1) is 20.8. The third-order valence-corrected chi connectivity index (χ3v) is 53.5. The summed E-state index contributed by atoms with van der Waals surface area (Å²) in [6, 6.07) is 20.2. The fourth-order valence-corrected chi connectivity index (χ4v) is 71.0. The van der Waals surface area contributed by atoms with E-state index in [1.807, 2.05) is 21.9 Å². The Hall–Kier alpha value is -0.215. The molecule has 47 heavy (non-hydrogen) atoms. The minimum Gasteiger partial charge on any atom is -0.0731 e. The molecule has 0 atom stereocenters. The lowest BCUT2D eigenvalue weighted by Crippen LogP contribution is -2.74. The number of fused-ring (bicyclic) bond motifs is 1. The van der Waals surface area contributed by atoms with Crippen LogP contribution in [0.15, 0.2) is 54.2 Å². The maximum Gasteiger partial charge on any atom is 0.0815 e. The van der Waals surface area contributed by atoms with Gasteiger partial charge in [-0.3, -0.25) is 0 Å². The topological polar surface area (TPSA) is 0 Å². The Balaban J connectivity index is 2.93. The minimum absolute atomic E-state index is 0.368. The summed E-state index contributed by atoms with van der Waals surface area (Å²) in [7, 11) is -12.7. The molecule has 0 nitrogen and oxygen atoms in total. The van der Waals surface area contributed by atoms with Crippen LogP contribution in [-0.2, 0) is 4.28 Å². The lowest BCUT2D eigenvalue weighted by Gasteiger charge is -2.60. The zero-order valence-corrected chi connectivity index (χ0v) is 42.9. The van der Waals surface area contributed by atoms with Crippen LogP contribution in [0.5, 0.6) is 0 Å². The molecule has 1 heterocycles. The van der Waals surface area contributed by atoms with Crippen LogP contribution >= 0.6 is 0 Å². The van der Waals surface area contributed by atoms with E-state index < -0.39 is 64.9 Å². The van der Waals surface area contributed by atoms with Gasteiger partial charge in [-0.15, -0.1) is 0 Å². The first-order valence-corrected chi connectivity index (χ1v) is 44.8. The highest BCUT2D eigenvalue weighted by molar-refractivity contribution is 7.14. The van der Waals surface area contributed by atoms with Crippen molar-refractivity contribution >= 4 is 75.3 Å². The highest BCUT2D eigenvalue weighted by atomic mass is 28.5. The molecular formula is C39H74Si8. The molecule has 0 radical (unpaired) electrons. The lowest BCUT2D eigenvalue weighted by atomic mass is 10.1. The van der Waals surface area contributed by atoms with E-state index in [-0.39, 0.29) is 0 Å². The zero-order chi connectivity index (χ0) is 36.6. The predicted molar refractivity (Wildman–Crippen MR) is 242 cm³/mol. The number of hydrogen-bond acceptors (Lipinski definition) is 0. The van der Waals surface area contributed by atoms with Gasteiger partial charge in [-0.1, -0.05) is 192 Å². The first kappa shape index (κ1) is 41.2.